The molecule has 7 heteroatoms. The molecular formula is C21H25FN2O4. The first-order valence-corrected chi connectivity index (χ1v) is 9.24. The zero-order valence-electron chi connectivity index (χ0n) is 16.0. The summed E-state index contributed by atoms with van der Waals surface area (Å²) in [5.74, 6) is 0.0915. The first-order chi connectivity index (χ1) is 13.5. The lowest BCUT2D eigenvalue weighted by Crippen LogP contribution is -2.44. The maximum absolute atomic E-state index is 14.5. The molecule has 6 nitrogen and oxygen atoms in total. The molecule has 0 aliphatic carbocycles. The number of amides is 1. The van der Waals surface area contributed by atoms with Crippen LogP contribution in [0.4, 0.5) is 10.1 Å². The van der Waals surface area contributed by atoms with Crippen LogP contribution in [0.1, 0.15) is 18.4 Å². The van der Waals surface area contributed by atoms with Gasteiger partial charge in [0.1, 0.15) is 0 Å². The summed E-state index contributed by atoms with van der Waals surface area (Å²) in [5, 5.41) is 2.68. The first-order valence-electron chi connectivity index (χ1n) is 9.24. The van der Waals surface area contributed by atoms with Gasteiger partial charge in [0, 0.05) is 25.0 Å². The Kier molecular flexibility index (Phi) is 6.49. The van der Waals surface area contributed by atoms with E-state index in [1.165, 1.54) is 19.2 Å². The van der Waals surface area contributed by atoms with Gasteiger partial charge in [0.05, 0.1) is 13.2 Å². The van der Waals surface area contributed by atoms with Crippen LogP contribution in [-0.2, 0) is 9.53 Å². The number of methoxy groups -OCH3 is 1. The molecule has 3 N–H and O–H groups in total. The van der Waals surface area contributed by atoms with Gasteiger partial charge in [0.15, 0.2) is 23.1 Å². The van der Waals surface area contributed by atoms with Crippen molar-refractivity contribution >= 4 is 11.6 Å². The first kappa shape index (κ1) is 20.1. The predicted molar refractivity (Wildman–Crippen MR) is 104 cm³/mol. The highest BCUT2D eigenvalue weighted by atomic mass is 19.1. The molecular weight excluding hydrogens is 363 g/mol. The van der Waals surface area contributed by atoms with Crippen molar-refractivity contribution in [1.82, 2.24) is 0 Å². The van der Waals surface area contributed by atoms with Crippen molar-refractivity contribution in [2.45, 2.75) is 25.8 Å². The highest BCUT2D eigenvalue weighted by Gasteiger charge is 2.26. The van der Waals surface area contributed by atoms with Gasteiger partial charge in [-0.2, -0.15) is 0 Å². The fourth-order valence-corrected chi connectivity index (χ4v) is 3.15. The number of carbonyl (C=O) groups is 1. The Morgan fingerprint density at radius 1 is 1.18 bits per heavy atom. The largest absolute Gasteiger partial charge is 0.493 e. The van der Waals surface area contributed by atoms with Gasteiger partial charge in [-0.15, -0.1) is 0 Å². The lowest BCUT2D eigenvalue weighted by atomic mass is 9.92. The van der Waals surface area contributed by atoms with Gasteiger partial charge in [0.25, 0.3) is 0 Å². The Hall–Kier alpha value is -2.64. The molecule has 28 heavy (non-hydrogen) atoms. The van der Waals surface area contributed by atoms with Crippen molar-refractivity contribution in [2.24, 2.45) is 11.7 Å². The van der Waals surface area contributed by atoms with Crippen LogP contribution in [-0.4, -0.2) is 32.3 Å². The van der Waals surface area contributed by atoms with Crippen LogP contribution in [0.25, 0.3) is 0 Å². The molecule has 1 heterocycles. The molecule has 0 radical (unpaired) electrons. The molecule has 2 aromatic rings. The average molecular weight is 388 g/mol. The number of nitrogens with one attached hydrogen (secondary N) is 1. The lowest BCUT2D eigenvalue weighted by molar-refractivity contribution is -0.119. The van der Waals surface area contributed by atoms with E-state index in [-0.39, 0.29) is 17.6 Å². The van der Waals surface area contributed by atoms with Gasteiger partial charge >= 0.3 is 0 Å². The topological polar surface area (TPSA) is 82.8 Å². The fraction of sp³-hybridized carbons (Fsp3) is 0.381. The van der Waals surface area contributed by atoms with Gasteiger partial charge in [0.2, 0.25) is 5.91 Å². The van der Waals surface area contributed by atoms with E-state index in [1.807, 2.05) is 13.0 Å². The number of aryl methyl sites for hydroxylation is 1. The Morgan fingerprint density at radius 3 is 2.57 bits per heavy atom. The average Bonchev–Trinajstić information content (AvgIpc) is 2.71. The monoisotopic (exact) mass is 388 g/mol. The number of nitrogens with two attached hydrogens (primary N) is 1. The summed E-state index contributed by atoms with van der Waals surface area (Å²) < 4.78 is 30.7. The fourth-order valence-electron chi connectivity index (χ4n) is 3.15. The number of ether oxygens (including phenoxy) is 3. The van der Waals surface area contributed by atoms with E-state index >= 15 is 0 Å². The third kappa shape index (κ3) is 4.79. The second kappa shape index (κ2) is 9.03. The molecule has 1 fully saturated rings. The van der Waals surface area contributed by atoms with Crippen LogP contribution in [0.3, 0.4) is 0 Å². The van der Waals surface area contributed by atoms with Gasteiger partial charge < -0.3 is 25.3 Å². The summed E-state index contributed by atoms with van der Waals surface area (Å²) in [4.78, 5) is 12.4. The Morgan fingerprint density at radius 2 is 1.89 bits per heavy atom. The van der Waals surface area contributed by atoms with Gasteiger partial charge in [-0.25, -0.2) is 4.39 Å². The quantitative estimate of drug-likeness (QED) is 0.790. The molecule has 1 aliphatic heterocycles. The highest BCUT2D eigenvalue weighted by Crippen LogP contribution is 2.34. The third-order valence-electron chi connectivity index (χ3n) is 4.82. The number of hydrogen-bond donors (Lipinski definition) is 2. The van der Waals surface area contributed by atoms with Gasteiger partial charge in [-0.3, -0.25) is 4.79 Å². The summed E-state index contributed by atoms with van der Waals surface area (Å²) in [6.07, 6.45) is 1.49. The van der Waals surface area contributed by atoms with E-state index in [0.717, 1.165) is 18.4 Å². The highest BCUT2D eigenvalue weighted by molar-refractivity contribution is 5.95. The minimum absolute atomic E-state index is 0.0360. The van der Waals surface area contributed by atoms with Crippen molar-refractivity contribution in [3.8, 4) is 17.2 Å². The Labute approximate surface area is 163 Å². The molecule has 150 valence electrons. The van der Waals surface area contributed by atoms with Crippen molar-refractivity contribution < 1.29 is 23.4 Å². The Balaban J connectivity index is 1.67. The van der Waals surface area contributed by atoms with Crippen molar-refractivity contribution in [3.05, 3.63) is 47.8 Å². The second-order valence-electron chi connectivity index (χ2n) is 6.87. The maximum atomic E-state index is 14.5. The summed E-state index contributed by atoms with van der Waals surface area (Å²) >= 11 is 0. The predicted octanol–water partition coefficient (Wildman–Crippen LogP) is 3.63. The SMILES string of the molecule is COc1cc(C)ccc1Oc1ccc(NC(=O)C(N)C2CCOCC2)cc1F. The van der Waals surface area contributed by atoms with Crippen molar-refractivity contribution in [3.63, 3.8) is 0 Å². The van der Waals surface area contributed by atoms with Crippen molar-refractivity contribution in [1.29, 1.82) is 0 Å². The molecule has 1 amide bonds. The zero-order valence-corrected chi connectivity index (χ0v) is 16.0. The molecule has 1 atom stereocenters. The van der Waals surface area contributed by atoms with Crippen molar-refractivity contribution in [2.75, 3.05) is 25.6 Å². The number of benzene rings is 2. The smallest absolute Gasteiger partial charge is 0.241 e. The second-order valence-corrected chi connectivity index (χ2v) is 6.87. The van der Waals surface area contributed by atoms with E-state index in [1.54, 1.807) is 18.2 Å². The van der Waals surface area contributed by atoms with Crippen LogP contribution in [0, 0.1) is 18.7 Å². The standard InChI is InChI=1S/C21H25FN2O4/c1-13-3-5-18(19(11-13)26-2)28-17-6-4-15(12-16(17)22)24-21(25)20(23)14-7-9-27-10-8-14/h3-6,11-12,14,20H,7-10,23H2,1-2H3,(H,24,25). The molecule has 0 bridgehead atoms. The van der Waals surface area contributed by atoms with Crippen LogP contribution in [0.2, 0.25) is 0 Å². The molecule has 0 aromatic heterocycles. The minimum Gasteiger partial charge on any atom is -0.493 e. The molecule has 3 rings (SSSR count). The maximum Gasteiger partial charge on any atom is 0.241 e. The minimum atomic E-state index is -0.653. The van der Waals surface area contributed by atoms with Crippen LogP contribution in [0.15, 0.2) is 36.4 Å². The number of carbonyl (C=O) groups excluding carboxylic acids is 1. The summed E-state index contributed by atoms with van der Waals surface area (Å²) in [7, 11) is 1.53. The van der Waals surface area contributed by atoms with E-state index in [4.69, 9.17) is 19.9 Å². The normalized spacial score (nSPS) is 15.7. The summed E-state index contributed by atoms with van der Waals surface area (Å²) in [5.41, 5.74) is 7.38. The number of halogens is 1. The van der Waals surface area contributed by atoms with Crippen LogP contribution >= 0.6 is 0 Å². The molecule has 1 saturated heterocycles. The number of rotatable bonds is 6. The molecule has 0 saturated carbocycles. The molecule has 1 aliphatic rings. The van der Waals surface area contributed by atoms with Crippen LogP contribution in [0.5, 0.6) is 17.2 Å². The van der Waals surface area contributed by atoms with Crippen LogP contribution < -0.4 is 20.5 Å². The van der Waals surface area contributed by atoms with E-state index < -0.39 is 11.9 Å². The number of anilines is 1. The van der Waals surface area contributed by atoms with E-state index in [9.17, 15) is 9.18 Å². The van der Waals surface area contributed by atoms with Gasteiger partial charge in [-0.1, -0.05) is 6.07 Å². The van der Waals surface area contributed by atoms with E-state index in [2.05, 4.69) is 5.32 Å². The zero-order chi connectivity index (χ0) is 20.1. The summed E-state index contributed by atoms with van der Waals surface area (Å²) in [6.45, 7) is 3.14. The Bertz CT molecular complexity index is 837. The van der Waals surface area contributed by atoms with E-state index in [0.29, 0.717) is 30.4 Å². The summed E-state index contributed by atoms with van der Waals surface area (Å²) in [6, 6.07) is 8.97. The molecule has 0 spiro atoms. The molecule has 2 aromatic carbocycles. The molecule has 1 unspecified atom stereocenters. The third-order valence-corrected chi connectivity index (χ3v) is 4.82. The van der Waals surface area contributed by atoms with Gasteiger partial charge in [-0.05, 0) is 55.5 Å². The number of hydrogen-bond acceptors (Lipinski definition) is 5. The lowest BCUT2D eigenvalue weighted by Gasteiger charge is -2.26.